The third kappa shape index (κ3) is 4.74. The Bertz CT molecular complexity index is 503. The van der Waals surface area contributed by atoms with Gasteiger partial charge in [0.25, 0.3) is 5.91 Å². The second kappa shape index (κ2) is 6.48. The van der Waals surface area contributed by atoms with E-state index in [4.69, 9.17) is 10.2 Å². The molecule has 0 bridgehead atoms. The molecule has 7 heteroatoms. The van der Waals surface area contributed by atoms with Gasteiger partial charge in [0.15, 0.2) is 0 Å². The van der Waals surface area contributed by atoms with Gasteiger partial charge < -0.3 is 15.5 Å². The fraction of sp³-hybridized carbons (Fsp3) is 0.250. The lowest BCUT2D eigenvalue weighted by Crippen LogP contribution is -2.41. The van der Waals surface area contributed by atoms with E-state index < -0.39 is 29.7 Å². The number of halogens is 1. The standard InChI is InChI=1S/C12H12FNO5/c13-8-3-1-2-7(6-8)11(17)14-9(12(18)19)4-5-10(15)16/h1-3,6,9H,4-5H2,(H,14,17)(H,15,16)(H,18,19)/t9-/m1/s1. The number of carbonyl (C=O) groups is 3. The van der Waals surface area contributed by atoms with Crippen molar-refractivity contribution < 1.29 is 29.0 Å². The molecule has 0 saturated heterocycles. The maximum Gasteiger partial charge on any atom is 0.326 e. The number of nitrogens with one attached hydrogen (secondary N) is 1. The summed E-state index contributed by atoms with van der Waals surface area (Å²) in [5.41, 5.74) is -0.0263. The van der Waals surface area contributed by atoms with Crippen LogP contribution in [0.1, 0.15) is 23.2 Å². The summed E-state index contributed by atoms with van der Waals surface area (Å²) in [4.78, 5) is 32.9. The van der Waals surface area contributed by atoms with Gasteiger partial charge in [0, 0.05) is 12.0 Å². The van der Waals surface area contributed by atoms with E-state index in [1.807, 2.05) is 0 Å². The number of benzene rings is 1. The molecule has 0 unspecified atom stereocenters. The lowest BCUT2D eigenvalue weighted by molar-refractivity contribution is -0.140. The molecule has 6 nitrogen and oxygen atoms in total. The molecule has 1 atom stereocenters. The summed E-state index contributed by atoms with van der Waals surface area (Å²) in [5, 5.41) is 19.5. The highest BCUT2D eigenvalue weighted by Gasteiger charge is 2.21. The van der Waals surface area contributed by atoms with Crippen LogP contribution in [-0.4, -0.2) is 34.1 Å². The first-order valence-electron chi connectivity index (χ1n) is 5.41. The molecule has 0 fully saturated rings. The number of rotatable bonds is 6. The first-order chi connectivity index (χ1) is 8.90. The zero-order valence-electron chi connectivity index (χ0n) is 9.80. The van der Waals surface area contributed by atoms with Crippen molar-refractivity contribution in [2.75, 3.05) is 0 Å². The van der Waals surface area contributed by atoms with Gasteiger partial charge >= 0.3 is 11.9 Å². The molecule has 3 N–H and O–H groups in total. The molecule has 1 aromatic rings. The monoisotopic (exact) mass is 269 g/mol. The molecule has 102 valence electrons. The van der Waals surface area contributed by atoms with Gasteiger partial charge in [0.05, 0.1) is 0 Å². The molecule has 0 aliphatic rings. The smallest absolute Gasteiger partial charge is 0.326 e. The second-order valence-electron chi connectivity index (χ2n) is 3.81. The van der Waals surface area contributed by atoms with Crippen LogP contribution in [0.2, 0.25) is 0 Å². The zero-order valence-corrected chi connectivity index (χ0v) is 9.80. The predicted molar refractivity (Wildman–Crippen MR) is 62.2 cm³/mol. The molecule has 1 aromatic carbocycles. The molecule has 0 heterocycles. The van der Waals surface area contributed by atoms with Gasteiger partial charge in [0.2, 0.25) is 0 Å². The Morgan fingerprint density at radius 2 is 1.95 bits per heavy atom. The summed E-state index contributed by atoms with van der Waals surface area (Å²) in [6.45, 7) is 0. The van der Waals surface area contributed by atoms with Crippen LogP contribution in [0.15, 0.2) is 24.3 Å². The maximum absolute atomic E-state index is 12.9. The van der Waals surface area contributed by atoms with Crippen LogP contribution in [0, 0.1) is 5.82 Å². The summed E-state index contributed by atoms with van der Waals surface area (Å²) < 4.78 is 12.9. The van der Waals surface area contributed by atoms with E-state index in [0.29, 0.717) is 0 Å². The van der Waals surface area contributed by atoms with Gasteiger partial charge in [-0.25, -0.2) is 9.18 Å². The SMILES string of the molecule is O=C(O)CC[C@@H](NC(=O)c1cccc(F)c1)C(=O)O. The molecule has 0 radical (unpaired) electrons. The molecule has 0 aliphatic carbocycles. The van der Waals surface area contributed by atoms with Crippen molar-refractivity contribution in [3.63, 3.8) is 0 Å². The number of hydrogen-bond acceptors (Lipinski definition) is 3. The fourth-order valence-corrected chi connectivity index (χ4v) is 1.40. The van der Waals surface area contributed by atoms with Crippen LogP contribution in [0.5, 0.6) is 0 Å². The van der Waals surface area contributed by atoms with Gasteiger partial charge in [-0.1, -0.05) is 6.07 Å². The summed E-state index contributed by atoms with van der Waals surface area (Å²) >= 11 is 0. The Morgan fingerprint density at radius 3 is 2.47 bits per heavy atom. The van der Waals surface area contributed by atoms with Crippen molar-refractivity contribution >= 4 is 17.8 Å². The molecular formula is C12H12FNO5. The van der Waals surface area contributed by atoms with Gasteiger partial charge in [-0.2, -0.15) is 0 Å². The Labute approximate surface area is 107 Å². The predicted octanol–water partition coefficient (Wildman–Crippen LogP) is 0.873. The van der Waals surface area contributed by atoms with Crippen LogP contribution in [0.25, 0.3) is 0 Å². The van der Waals surface area contributed by atoms with Crippen LogP contribution in [0.3, 0.4) is 0 Å². The van der Waals surface area contributed by atoms with Gasteiger partial charge in [-0.05, 0) is 24.6 Å². The minimum absolute atomic E-state index is 0.0263. The van der Waals surface area contributed by atoms with Gasteiger partial charge in [-0.15, -0.1) is 0 Å². The summed E-state index contributed by atoms with van der Waals surface area (Å²) in [7, 11) is 0. The minimum Gasteiger partial charge on any atom is -0.481 e. The topological polar surface area (TPSA) is 104 Å². The number of amides is 1. The Balaban J connectivity index is 2.71. The van der Waals surface area contributed by atoms with Gasteiger partial charge in [-0.3, -0.25) is 9.59 Å². The van der Waals surface area contributed by atoms with E-state index in [2.05, 4.69) is 5.32 Å². The molecule has 0 aliphatic heterocycles. The third-order valence-electron chi connectivity index (χ3n) is 2.34. The third-order valence-corrected chi connectivity index (χ3v) is 2.34. The van der Waals surface area contributed by atoms with Crippen LogP contribution in [0.4, 0.5) is 4.39 Å². The number of carboxylic acids is 2. The quantitative estimate of drug-likeness (QED) is 0.711. The number of hydrogen-bond donors (Lipinski definition) is 3. The van der Waals surface area contributed by atoms with Gasteiger partial charge in [0.1, 0.15) is 11.9 Å². The Hall–Kier alpha value is -2.44. The molecule has 1 amide bonds. The van der Waals surface area contributed by atoms with Crippen LogP contribution >= 0.6 is 0 Å². The minimum atomic E-state index is -1.34. The lowest BCUT2D eigenvalue weighted by Gasteiger charge is -2.13. The number of carbonyl (C=O) groups excluding carboxylic acids is 1. The fourth-order valence-electron chi connectivity index (χ4n) is 1.40. The molecule has 1 rings (SSSR count). The highest BCUT2D eigenvalue weighted by molar-refractivity contribution is 5.96. The number of aliphatic carboxylic acids is 2. The largest absolute Gasteiger partial charge is 0.481 e. The van der Waals surface area contributed by atoms with E-state index in [-0.39, 0.29) is 18.4 Å². The van der Waals surface area contributed by atoms with Crippen molar-refractivity contribution in [3.05, 3.63) is 35.6 Å². The molecule has 0 spiro atoms. The average Bonchev–Trinajstić information content (AvgIpc) is 2.33. The second-order valence-corrected chi connectivity index (χ2v) is 3.81. The van der Waals surface area contributed by atoms with Crippen molar-refractivity contribution in [2.24, 2.45) is 0 Å². The number of carboxylic acid groups (broad SMARTS) is 2. The molecule has 0 saturated carbocycles. The van der Waals surface area contributed by atoms with Crippen molar-refractivity contribution in [2.45, 2.75) is 18.9 Å². The highest BCUT2D eigenvalue weighted by atomic mass is 19.1. The molecule has 19 heavy (non-hydrogen) atoms. The maximum atomic E-state index is 12.9. The molecule has 0 aromatic heterocycles. The van der Waals surface area contributed by atoms with Crippen LogP contribution in [-0.2, 0) is 9.59 Å². The Morgan fingerprint density at radius 1 is 1.26 bits per heavy atom. The normalized spacial score (nSPS) is 11.6. The molecular weight excluding hydrogens is 257 g/mol. The van der Waals surface area contributed by atoms with E-state index in [1.54, 1.807) is 0 Å². The summed E-state index contributed by atoms with van der Waals surface area (Å²) in [6, 6.07) is 3.43. The average molecular weight is 269 g/mol. The van der Waals surface area contributed by atoms with E-state index in [9.17, 15) is 18.8 Å². The van der Waals surface area contributed by atoms with Crippen LogP contribution < -0.4 is 5.32 Å². The zero-order chi connectivity index (χ0) is 14.4. The summed E-state index contributed by atoms with van der Waals surface area (Å²) in [6.07, 6.45) is -0.633. The van der Waals surface area contributed by atoms with E-state index in [0.717, 1.165) is 12.1 Å². The Kier molecular flexibility index (Phi) is 4.99. The van der Waals surface area contributed by atoms with Crippen molar-refractivity contribution in [1.82, 2.24) is 5.32 Å². The first-order valence-corrected chi connectivity index (χ1v) is 5.41. The van der Waals surface area contributed by atoms with E-state index >= 15 is 0 Å². The first kappa shape index (κ1) is 14.6. The lowest BCUT2D eigenvalue weighted by atomic mass is 10.1. The summed E-state index contributed by atoms with van der Waals surface area (Å²) in [5.74, 6) is -3.89. The van der Waals surface area contributed by atoms with E-state index in [1.165, 1.54) is 12.1 Å². The van der Waals surface area contributed by atoms with Crippen molar-refractivity contribution in [3.8, 4) is 0 Å². The highest BCUT2D eigenvalue weighted by Crippen LogP contribution is 2.05. The van der Waals surface area contributed by atoms with Crippen molar-refractivity contribution in [1.29, 1.82) is 0 Å².